The van der Waals surface area contributed by atoms with E-state index in [2.05, 4.69) is 52.2 Å². The second kappa shape index (κ2) is 12.0. The van der Waals surface area contributed by atoms with Crippen LogP contribution in [0.4, 0.5) is 11.4 Å². The van der Waals surface area contributed by atoms with Crippen molar-refractivity contribution in [2.75, 3.05) is 0 Å². The van der Waals surface area contributed by atoms with Gasteiger partial charge in [0.15, 0.2) is 5.69 Å². The maximum Gasteiger partial charge on any atom is 0.335 e. The zero-order valence-electron chi connectivity index (χ0n) is 24.3. The van der Waals surface area contributed by atoms with Gasteiger partial charge in [0.05, 0.1) is 32.7 Å². The molecule has 0 amide bonds. The van der Waals surface area contributed by atoms with Gasteiger partial charge in [0.2, 0.25) is 0 Å². The van der Waals surface area contributed by atoms with Crippen molar-refractivity contribution in [3.63, 3.8) is 0 Å². The van der Waals surface area contributed by atoms with Gasteiger partial charge in [-0.05, 0) is 80.7 Å². The predicted molar refractivity (Wildman–Crippen MR) is 178 cm³/mol. The van der Waals surface area contributed by atoms with E-state index >= 15 is 0 Å². The Hall–Kier alpha value is -4.03. The summed E-state index contributed by atoms with van der Waals surface area (Å²) in [6, 6.07) is 9.97. The lowest BCUT2D eigenvalue weighted by Crippen LogP contribution is -2.16. The summed E-state index contributed by atoms with van der Waals surface area (Å²) in [6.07, 6.45) is 0. The maximum absolute atomic E-state index is 13.6. The number of aromatic nitrogens is 3. The number of thiazole rings is 1. The monoisotopic (exact) mass is 791 g/mol. The number of rotatable bonds is 7. The van der Waals surface area contributed by atoms with E-state index in [1.54, 1.807) is 31.2 Å². The molecule has 4 N–H and O–H groups in total. The summed E-state index contributed by atoms with van der Waals surface area (Å²) in [5.74, 6) is -2.73. The Kier molecular flexibility index (Phi) is 8.67. The second-order valence-corrected chi connectivity index (χ2v) is 15.2. The first kappa shape index (κ1) is 33.3. The van der Waals surface area contributed by atoms with E-state index in [0.717, 1.165) is 22.1 Å². The highest BCUT2D eigenvalue weighted by Crippen LogP contribution is 2.42. The molecule has 0 saturated heterocycles. The molecule has 5 rings (SSSR count). The molecule has 13 nitrogen and oxygen atoms in total. The number of nitrogens with one attached hydrogen (secondary N) is 1. The standard InChI is InChI=1S/C29H23Br2N5O8S2/c1-12-5-6-19-22(23(12)46(42,43)44)45-25(32-19)13-10-17(30)20(18(31)11-13)33-34-21-24(29(2,3)4)35-36(26(21)37)16-8-14(27(38)39)7-15(9-16)28(40)41/h5-11,35H,1-4H3,(H,38,39)(H,40,41)(H,42,43,44). The van der Waals surface area contributed by atoms with Crippen molar-refractivity contribution in [2.45, 2.75) is 38.0 Å². The molecule has 2 heterocycles. The summed E-state index contributed by atoms with van der Waals surface area (Å²) in [6.45, 7) is 7.06. The quantitative estimate of drug-likeness (QED) is 0.0943. The Labute approximate surface area is 281 Å². The minimum absolute atomic E-state index is 0.0100. The highest BCUT2D eigenvalue weighted by Gasteiger charge is 2.27. The van der Waals surface area contributed by atoms with Gasteiger partial charge in [-0.2, -0.15) is 8.42 Å². The van der Waals surface area contributed by atoms with Crippen molar-refractivity contribution < 1.29 is 32.8 Å². The molecule has 2 aromatic heterocycles. The fourth-order valence-corrected chi connectivity index (χ4v) is 8.25. The third kappa shape index (κ3) is 6.32. The first-order chi connectivity index (χ1) is 21.4. The van der Waals surface area contributed by atoms with Crippen molar-refractivity contribution in [1.82, 2.24) is 14.8 Å². The number of aryl methyl sites for hydroxylation is 1. The van der Waals surface area contributed by atoms with Crippen LogP contribution in [-0.2, 0) is 15.5 Å². The van der Waals surface area contributed by atoms with Crippen LogP contribution < -0.4 is 5.56 Å². The highest BCUT2D eigenvalue weighted by atomic mass is 79.9. The van der Waals surface area contributed by atoms with Gasteiger partial charge in [0, 0.05) is 19.9 Å². The Balaban J connectivity index is 1.60. The third-order valence-electron chi connectivity index (χ3n) is 6.77. The Bertz CT molecular complexity index is 2250. The number of hydrogen-bond donors (Lipinski definition) is 4. The predicted octanol–water partition coefficient (Wildman–Crippen LogP) is 7.63. The number of carbonyl (C=O) groups is 2. The molecule has 0 atom stereocenters. The average Bonchev–Trinajstić information content (AvgIpc) is 3.52. The molecule has 5 aromatic rings. The lowest BCUT2D eigenvalue weighted by molar-refractivity contribution is 0.0696. The van der Waals surface area contributed by atoms with Crippen LogP contribution in [0.25, 0.3) is 26.5 Å². The Morgan fingerprint density at radius 1 is 0.957 bits per heavy atom. The van der Waals surface area contributed by atoms with Crippen LogP contribution in [-0.4, -0.2) is 49.9 Å². The molecular formula is C29H23Br2N5O8S2. The zero-order valence-corrected chi connectivity index (χ0v) is 29.1. The first-order valence-corrected chi connectivity index (χ1v) is 17.0. The molecule has 238 valence electrons. The molecular weight excluding hydrogens is 770 g/mol. The summed E-state index contributed by atoms with van der Waals surface area (Å²) >= 11 is 8.07. The normalized spacial score (nSPS) is 12.3. The molecule has 0 fully saturated rings. The SMILES string of the molecule is Cc1ccc2nc(-c3cc(Br)c(N=Nc4c(C(C)(C)C)[nH]n(-c5cc(C(=O)O)cc(C(=O)O)c5)c4=O)c(Br)c3)sc2c1S(=O)(=O)O. The van der Waals surface area contributed by atoms with Crippen LogP contribution in [0.15, 0.2) is 71.3 Å². The number of carboxylic acids is 2. The molecule has 0 spiro atoms. The third-order valence-corrected chi connectivity index (χ3v) is 10.3. The van der Waals surface area contributed by atoms with Crippen molar-refractivity contribution in [3.8, 4) is 16.3 Å². The van der Waals surface area contributed by atoms with E-state index in [4.69, 9.17) is 0 Å². The largest absolute Gasteiger partial charge is 0.478 e. The summed E-state index contributed by atoms with van der Waals surface area (Å²) in [5, 5.41) is 31.0. The topological polar surface area (TPSA) is 204 Å². The summed E-state index contributed by atoms with van der Waals surface area (Å²) in [5.41, 5.74) is -0.00434. The van der Waals surface area contributed by atoms with Gasteiger partial charge in [-0.1, -0.05) is 26.8 Å². The van der Waals surface area contributed by atoms with Gasteiger partial charge < -0.3 is 10.2 Å². The second-order valence-electron chi connectivity index (χ2n) is 11.1. The molecule has 0 saturated carbocycles. The number of nitrogens with zero attached hydrogens (tertiary/aromatic N) is 4. The molecule has 0 aliphatic carbocycles. The van der Waals surface area contributed by atoms with E-state index in [0.29, 0.717) is 46.7 Å². The summed E-state index contributed by atoms with van der Waals surface area (Å²) < 4.78 is 36.2. The number of azo groups is 1. The van der Waals surface area contributed by atoms with Crippen LogP contribution >= 0.6 is 43.2 Å². The first-order valence-electron chi connectivity index (χ1n) is 13.1. The van der Waals surface area contributed by atoms with Gasteiger partial charge in [0.25, 0.3) is 15.7 Å². The summed E-state index contributed by atoms with van der Waals surface area (Å²) in [7, 11) is -4.49. The van der Waals surface area contributed by atoms with Gasteiger partial charge >= 0.3 is 11.9 Å². The van der Waals surface area contributed by atoms with Crippen molar-refractivity contribution in [3.05, 3.63) is 84.1 Å². The van der Waals surface area contributed by atoms with Gasteiger partial charge in [-0.15, -0.1) is 21.6 Å². The smallest absolute Gasteiger partial charge is 0.335 e. The van der Waals surface area contributed by atoms with Crippen molar-refractivity contribution in [2.24, 2.45) is 10.2 Å². The lowest BCUT2D eigenvalue weighted by Gasteiger charge is -2.16. The lowest BCUT2D eigenvalue weighted by atomic mass is 9.91. The van der Waals surface area contributed by atoms with Gasteiger partial charge in [0.1, 0.15) is 15.6 Å². The molecule has 3 aromatic carbocycles. The zero-order chi connectivity index (χ0) is 33.9. The maximum atomic E-state index is 13.6. The molecule has 46 heavy (non-hydrogen) atoms. The Morgan fingerprint density at radius 2 is 1.52 bits per heavy atom. The van der Waals surface area contributed by atoms with E-state index in [1.165, 1.54) is 12.1 Å². The summed E-state index contributed by atoms with van der Waals surface area (Å²) in [4.78, 5) is 41.3. The number of benzene rings is 3. The number of halogens is 2. The molecule has 0 aliphatic heterocycles. The van der Waals surface area contributed by atoms with E-state index < -0.39 is 33.0 Å². The fourth-order valence-electron chi connectivity index (χ4n) is 4.61. The van der Waals surface area contributed by atoms with Crippen LogP contribution in [0.1, 0.15) is 52.7 Å². The number of hydrogen-bond acceptors (Lipinski definition) is 9. The molecule has 0 aliphatic rings. The van der Waals surface area contributed by atoms with Crippen LogP contribution in [0.3, 0.4) is 0 Å². The molecule has 0 radical (unpaired) electrons. The number of carboxylic acid groups (broad SMARTS) is 2. The molecule has 0 unspecified atom stereocenters. The van der Waals surface area contributed by atoms with E-state index in [1.807, 2.05) is 20.8 Å². The highest BCUT2D eigenvalue weighted by molar-refractivity contribution is 9.11. The van der Waals surface area contributed by atoms with Crippen LogP contribution in [0.2, 0.25) is 0 Å². The Morgan fingerprint density at radius 3 is 2.04 bits per heavy atom. The molecule has 17 heteroatoms. The van der Waals surface area contributed by atoms with E-state index in [9.17, 15) is 37.6 Å². The minimum Gasteiger partial charge on any atom is -0.478 e. The van der Waals surface area contributed by atoms with E-state index in [-0.39, 0.29) is 27.4 Å². The number of H-pyrrole nitrogens is 1. The number of aromatic carboxylic acids is 2. The van der Waals surface area contributed by atoms with Gasteiger partial charge in [-0.3, -0.25) is 14.4 Å². The van der Waals surface area contributed by atoms with Crippen LogP contribution in [0.5, 0.6) is 0 Å². The number of fused-ring (bicyclic) bond motifs is 1. The van der Waals surface area contributed by atoms with Gasteiger partial charge in [-0.25, -0.2) is 19.3 Å². The van der Waals surface area contributed by atoms with Crippen molar-refractivity contribution in [1.29, 1.82) is 0 Å². The molecule has 0 bridgehead atoms. The number of aromatic amines is 1. The minimum atomic E-state index is -4.49. The average molecular weight is 793 g/mol. The van der Waals surface area contributed by atoms with Crippen LogP contribution in [0, 0.1) is 6.92 Å². The van der Waals surface area contributed by atoms with Crippen molar-refractivity contribution >= 4 is 86.8 Å². The fraction of sp³-hybridized carbons (Fsp3) is 0.172.